The molecule has 1 aromatic carbocycles. The second kappa shape index (κ2) is 6.36. The van der Waals surface area contributed by atoms with E-state index in [1.165, 1.54) is 28.8 Å². The van der Waals surface area contributed by atoms with Gasteiger partial charge in [0.25, 0.3) is 0 Å². The number of nitrogens with zero attached hydrogens (tertiary/aromatic N) is 1. The first kappa shape index (κ1) is 15.0. The second-order valence-electron chi connectivity index (χ2n) is 4.51. The van der Waals surface area contributed by atoms with Crippen LogP contribution in [0, 0.1) is 0 Å². The lowest BCUT2D eigenvalue weighted by atomic mass is 10.1. The van der Waals surface area contributed by atoms with Gasteiger partial charge in [0.1, 0.15) is 10.8 Å². The van der Waals surface area contributed by atoms with Gasteiger partial charge < -0.3 is 15.5 Å². The summed E-state index contributed by atoms with van der Waals surface area (Å²) < 4.78 is 0. The summed E-state index contributed by atoms with van der Waals surface area (Å²) in [6.07, 6.45) is 0.182. The Kier molecular flexibility index (Phi) is 4.54. The summed E-state index contributed by atoms with van der Waals surface area (Å²) >= 11 is 1.20. The van der Waals surface area contributed by atoms with Crippen LogP contribution in [0.4, 0.5) is 0 Å². The molecule has 0 radical (unpaired) electrons. The fourth-order valence-corrected chi connectivity index (χ4v) is 2.54. The molecule has 1 heterocycles. The quantitative estimate of drug-likeness (QED) is 0.784. The van der Waals surface area contributed by atoms with Gasteiger partial charge in [-0.1, -0.05) is 12.1 Å². The minimum Gasteiger partial charge on any atom is -0.508 e. The molecule has 0 aliphatic rings. The third-order valence-electron chi connectivity index (χ3n) is 2.79. The minimum absolute atomic E-state index is 0.0189. The third kappa shape index (κ3) is 4.03. The van der Waals surface area contributed by atoms with E-state index in [1.807, 2.05) is 0 Å². The van der Waals surface area contributed by atoms with E-state index in [0.29, 0.717) is 5.01 Å². The van der Waals surface area contributed by atoms with E-state index in [0.717, 1.165) is 5.56 Å². The maximum Gasteiger partial charge on any atom is 0.355 e. The first-order valence-corrected chi connectivity index (χ1v) is 7.09. The maximum atomic E-state index is 11.9. The highest BCUT2D eigenvalue weighted by Gasteiger charge is 2.16. The molecule has 7 heteroatoms. The topological polar surface area (TPSA) is 99.5 Å². The van der Waals surface area contributed by atoms with E-state index in [2.05, 4.69) is 10.3 Å². The molecule has 1 amide bonds. The highest BCUT2D eigenvalue weighted by atomic mass is 32.1. The summed E-state index contributed by atoms with van der Waals surface area (Å²) in [5, 5.41) is 22.7. The predicted octanol–water partition coefficient (Wildman–Crippen LogP) is 1.97. The predicted molar refractivity (Wildman–Crippen MR) is 77.4 cm³/mol. The number of aromatic hydroxyl groups is 1. The number of nitrogens with one attached hydrogen (secondary N) is 1. The van der Waals surface area contributed by atoms with Crippen LogP contribution in [-0.2, 0) is 11.2 Å². The molecule has 3 N–H and O–H groups in total. The number of carbonyl (C=O) groups is 2. The fraction of sp³-hybridized carbons (Fsp3) is 0.214. The summed E-state index contributed by atoms with van der Waals surface area (Å²) in [6, 6.07) is 6.03. The van der Waals surface area contributed by atoms with E-state index < -0.39 is 5.97 Å². The van der Waals surface area contributed by atoms with Crippen molar-refractivity contribution in [2.75, 3.05) is 0 Å². The lowest BCUT2D eigenvalue weighted by Gasteiger charge is -2.11. The van der Waals surface area contributed by atoms with Crippen LogP contribution in [-0.4, -0.2) is 27.1 Å². The molecular formula is C14H14N2O4S. The maximum absolute atomic E-state index is 11.9. The normalized spacial score (nSPS) is 11.9. The van der Waals surface area contributed by atoms with Gasteiger partial charge in [-0.15, -0.1) is 11.3 Å². The van der Waals surface area contributed by atoms with Gasteiger partial charge in [-0.25, -0.2) is 9.78 Å². The molecule has 0 spiro atoms. The van der Waals surface area contributed by atoms with Gasteiger partial charge in [0.15, 0.2) is 5.69 Å². The number of rotatable bonds is 5. The van der Waals surface area contributed by atoms with Crippen molar-refractivity contribution in [3.8, 4) is 5.75 Å². The van der Waals surface area contributed by atoms with Crippen LogP contribution in [0.1, 0.15) is 34.0 Å². The van der Waals surface area contributed by atoms with Crippen LogP contribution in [0.3, 0.4) is 0 Å². The van der Waals surface area contributed by atoms with E-state index in [9.17, 15) is 14.7 Å². The molecule has 1 atom stereocenters. The second-order valence-corrected chi connectivity index (χ2v) is 5.40. The largest absolute Gasteiger partial charge is 0.508 e. The molecule has 2 rings (SSSR count). The fourth-order valence-electron chi connectivity index (χ4n) is 1.74. The molecule has 0 saturated carbocycles. The van der Waals surface area contributed by atoms with Crippen molar-refractivity contribution < 1.29 is 19.8 Å². The molecule has 0 aliphatic carbocycles. The van der Waals surface area contributed by atoms with Crippen LogP contribution in [0.25, 0.3) is 0 Å². The average molecular weight is 306 g/mol. The number of benzene rings is 1. The number of aromatic nitrogens is 1. The Hall–Kier alpha value is -2.41. The zero-order valence-corrected chi connectivity index (χ0v) is 12.1. The monoisotopic (exact) mass is 306 g/mol. The highest BCUT2D eigenvalue weighted by molar-refractivity contribution is 7.09. The standard InChI is InChI=1S/C14H14N2O4S/c1-8(13-16-11(7-21-13)14(19)20)15-12(18)6-9-2-4-10(17)5-3-9/h2-5,7-8,17H,6H2,1H3,(H,15,18)(H,19,20). The Morgan fingerprint density at radius 2 is 2.00 bits per heavy atom. The van der Waals surface area contributed by atoms with Crippen molar-refractivity contribution in [2.24, 2.45) is 0 Å². The molecule has 6 nitrogen and oxygen atoms in total. The Morgan fingerprint density at radius 1 is 1.33 bits per heavy atom. The van der Waals surface area contributed by atoms with Gasteiger partial charge in [-0.3, -0.25) is 4.79 Å². The number of amides is 1. The average Bonchev–Trinajstić information content (AvgIpc) is 2.91. The van der Waals surface area contributed by atoms with Gasteiger partial charge in [0.05, 0.1) is 12.5 Å². The molecule has 0 bridgehead atoms. The molecule has 2 aromatic rings. The first-order chi connectivity index (χ1) is 9.95. The van der Waals surface area contributed by atoms with Crippen LogP contribution in [0.15, 0.2) is 29.6 Å². The molecule has 0 saturated heterocycles. The molecule has 21 heavy (non-hydrogen) atoms. The number of hydrogen-bond acceptors (Lipinski definition) is 5. The number of hydrogen-bond donors (Lipinski definition) is 3. The Morgan fingerprint density at radius 3 is 2.57 bits per heavy atom. The Balaban J connectivity index is 1.95. The van der Waals surface area contributed by atoms with Gasteiger partial charge in [0.2, 0.25) is 5.91 Å². The summed E-state index contributed by atoms with van der Waals surface area (Å²) in [5.74, 6) is -1.13. The third-order valence-corrected chi connectivity index (χ3v) is 3.82. The van der Waals surface area contributed by atoms with Gasteiger partial charge >= 0.3 is 5.97 Å². The van der Waals surface area contributed by atoms with Crippen molar-refractivity contribution in [1.29, 1.82) is 0 Å². The number of thiazole rings is 1. The smallest absolute Gasteiger partial charge is 0.355 e. The van der Waals surface area contributed by atoms with Crippen LogP contribution < -0.4 is 5.32 Å². The van der Waals surface area contributed by atoms with E-state index in [-0.39, 0.29) is 29.8 Å². The zero-order valence-electron chi connectivity index (χ0n) is 11.2. The molecular weight excluding hydrogens is 292 g/mol. The van der Waals surface area contributed by atoms with Crippen molar-refractivity contribution in [3.05, 3.63) is 45.9 Å². The van der Waals surface area contributed by atoms with Crippen molar-refractivity contribution in [1.82, 2.24) is 10.3 Å². The van der Waals surface area contributed by atoms with E-state index >= 15 is 0 Å². The van der Waals surface area contributed by atoms with E-state index in [1.54, 1.807) is 19.1 Å². The summed E-state index contributed by atoms with van der Waals surface area (Å²) in [4.78, 5) is 26.6. The van der Waals surface area contributed by atoms with Crippen molar-refractivity contribution >= 4 is 23.2 Å². The summed E-state index contributed by atoms with van der Waals surface area (Å²) in [7, 11) is 0. The van der Waals surface area contributed by atoms with Crippen molar-refractivity contribution in [2.45, 2.75) is 19.4 Å². The van der Waals surface area contributed by atoms with Gasteiger partial charge in [0, 0.05) is 5.38 Å². The first-order valence-electron chi connectivity index (χ1n) is 6.21. The number of carboxylic acid groups (broad SMARTS) is 1. The molecule has 0 aliphatic heterocycles. The number of phenols is 1. The molecule has 1 unspecified atom stereocenters. The lowest BCUT2D eigenvalue weighted by molar-refractivity contribution is -0.121. The number of carboxylic acids is 1. The number of aromatic carboxylic acids is 1. The number of carbonyl (C=O) groups excluding carboxylic acids is 1. The number of phenolic OH excluding ortho intramolecular Hbond substituents is 1. The van der Waals surface area contributed by atoms with Gasteiger partial charge in [-0.2, -0.15) is 0 Å². The van der Waals surface area contributed by atoms with Crippen molar-refractivity contribution in [3.63, 3.8) is 0 Å². The zero-order chi connectivity index (χ0) is 15.4. The summed E-state index contributed by atoms with van der Waals surface area (Å²) in [5.41, 5.74) is 0.762. The minimum atomic E-state index is -1.08. The highest BCUT2D eigenvalue weighted by Crippen LogP contribution is 2.18. The van der Waals surface area contributed by atoms with Crippen LogP contribution in [0.2, 0.25) is 0 Å². The molecule has 0 fully saturated rings. The lowest BCUT2D eigenvalue weighted by Crippen LogP contribution is -2.28. The van der Waals surface area contributed by atoms with E-state index in [4.69, 9.17) is 5.11 Å². The SMILES string of the molecule is CC(NC(=O)Cc1ccc(O)cc1)c1nc(C(=O)O)cs1. The Labute approximate surface area is 125 Å². The Bertz CT molecular complexity index is 651. The van der Waals surface area contributed by atoms with Crippen LogP contribution in [0.5, 0.6) is 5.75 Å². The van der Waals surface area contributed by atoms with Gasteiger partial charge in [-0.05, 0) is 24.6 Å². The summed E-state index contributed by atoms with van der Waals surface area (Å²) in [6.45, 7) is 1.75. The molecule has 1 aromatic heterocycles. The van der Waals surface area contributed by atoms with Crippen LogP contribution >= 0.6 is 11.3 Å². The molecule has 110 valence electrons.